The first-order valence-corrected chi connectivity index (χ1v) is 12.9. The van der Waals surface area contributed by atoms with Crippen molar-refractivity contribution in [2.24, 2.45) is 21.5 Å². The normalized spacial score (nSPS) is 24.2. The minimum absolute atomic E-state index is 0.0704. The van der Waals surface area contributed by atoms with Crippen LogP contribution in [0.4, 0.5) is 13.2 Å². The molecule has 198 valence electrons. The van der Waals surface area contributed by atoms with Gasteiger partial charge in [0.05, 0.1) is 12.1 Å². The summed E-state index contributed by atoms with van der Waals surface area (Å²) in [6, 6.07) is 11.6. The fraction of sp³-hybridized carbons (Fsp3) is 0.500. The number of ether oxygens (including phenoxy) is 2. The largest absolute Gasteiger partial charge is 0.463 e. The summed E-state index contributed by atoms with van der Waals surface area (Å²) in [7, 11) is 0. The first-order chi connectivity index (χ1) is 17.8. The van der Waals surface area contributed by atoms with Gasteiger partial charge in [-0.1, -0.05) is 18.2 Å². The molecule has 4 N–H and O–H groups in total. The third-order valence-electron chi connectivity index (χ3n) is 8.05. The van der Waals surface area contributed by atoms with E-state index in [-0.39, 0.29) is 34.8 Å². The van der Waals surface area contributed by atoms with E-state index in [4.69, 9.17) is 20.9 Å². The van der Waals surface area contributed by atoms with Crippen molar-refractivity contribution in [1.82, 2.24) is 0 Å². The van der Waals surface area contributed by atoms with Crippen LogP contribution < -0.4 is 11.5 Å². The Bertz CT molecular complexity index is 1180. The van der Waals surface area contributed by atoms with Crippen molar-refractivity contribution in [3.05, 3.63) is 71.0 Å². The van der Waals surface area contributed by atoms with Gasteiger partial charge in [0.15, 0.2) is 0 Å². The summed E-state index contributed by atoms with van der Waals surface area (Å²) in [5.41, 5.74) is 12.9. The molecule has 2 saturated carbocycles. The molecule has 2 aromatic carbocycles. The van der Waals surface area contributed by atoms with Gasteiger partial charge < -0.3 is 20.9 Å². The van der Waals surface area contributed by atoms with E-state index in [2.05, 4.69) is 9.98 Å². The SMILES string of the molecule is NC1=N[C@@H](CCC2(c3ccc(F)cc3)CC2)CO1.NC1=N[C@@H](CCC2(c3ccc(F)cc3F)CC2)CO1. The number of hydrogen-bond donors (Lipinski definition) is 2. The van der Waals surface area contributed by atoms with Gasteiger partial charge in [-0.15, -0.1) is 0 Å². The average molecular weight is 515 g/mol. The molecule has 2 fully saturated rings. The Morgan fingerprint density at radius 1 is 0.730 bits per heavy atom. The Kier molecular flexibility index (Phi) is 7.05. The molecule has 6 rings (SSSR count). The number of amidine groups is 2. The van der Waals surface area contributed by atoms with Gasteiger partial charge in [0.1, 0.15) is 30.7 Å². The topological polar surface area (TPSA) is 95.2 Å². The van der Waals surface area contributed by atoms with Gasteiger partial charge in [0, 0.05) is 6.07 Å². The fourth-order valence-corrected chi connectivity index (χ4v) is 5.42. The summed E-state index contributed by atoms with van der Waals surface area (Å²) in [6.45, 7) is 1.11. The maximum absolute atomic E-state index is 13.8. The first kappa shape index (κ1) is 25.4. The number of nitrogens with zero attached hydrogens (tertiary/aromatic N) is 2. The van der Waals surface area contributed by atoms with Crippen LogP contribution in [0.25, 0.3) is 0 Å². The lowest BCUT2D eigenvalue weighted by Gasteiger charge is -2.17. The Labute approximate surface area is 215 Å². The minimum Gasteiger partial charge on any atom is -0.463 e. The van der Waals surface area contributed by atoms with E-state index in [0.717, 1.165) is 44.6 Å². The maximum atomic E-state index is 13.8. The van der Waals surface area contributed by atoms with Crippen LogP contribution in [0.5, 0.6) is 0 Å². The second kappa shape index (κ2) is 10.3. The van der Waals surface area contributed by atoms with Gasteiger partial charge in [-0.2, -0.15) is 0 Å². The fourth-order valence-electron chi connectivity index (χ4n) is 5.42. The van der Waals surface area contributed by atoms with E-state index in [1.54, 1.807) is 18.2 Å². The lowest BCUT2D eigenvalue weighted by atomic mass is 9.89. The zero-order valence-electron chi connectivity index (χ0n) is 20.8. The van der Waals surface area contributed by atoms with Crippen LogP contribution in [0.15, 0.2) is 52.4 Å². The first-order valence-electron chi connectivity index (χ1n) is 12.9. The Hall–Kier alpha value is -3.23. The molecule has 0 amide bonds. The molecule has 2 heterocycles. The molecule has 0 saturated heterocycles. The van der Waals surface area contributed by atoms with Crippen LogP contribution >= 0.6 is 0 Å². The number of nitrogens with two attached hydrogens (primary N) is 2. The van der Waals surface area contributed by atoms with E-state index in [1.807, 2.05) is 12.1 Å². The Morgan fingerprint density at radius 3 is 1.70 bits per heavy atom. The summed E-state index contributed by atoms with van der Waals surface area (Å²) in [5.74, 6) is -1.14. The molecule has 9 heteroatoms. The van der Waals surface area contributed by atoms with Crippen molar-refractivity contribution < 1.29 is 22.6 Å². The Balaban J connectivity index is 0.000000152. The second-order valence-electron chi connectivity index (χ2n) is 10.6. The minimum atomic E-state index is -0.529. The Morgan fingerprint density at radius 2 is 1.24 bits per heavy atom. The average Bonchev–Trinajstić information content (AvgIpc) is 3.76. The lowest BCUT2D eigenvalue weighted by Crippen LogP contribution is -2.14. The molecule has 0 spiro atoms. The predicted molar refractivity (Wildman–Crippen MR) is 136 cm³/mol. The highest BCUT2D eigenvalue weighted by atomic mass is 19.1. The van der Waals surface area contributed by atoms with Crippen molar-refractivity contribution in [1.29, 1.82) is 0 Å². The number of benzene rings is 2. The number of hydrogen-bond acceptors (Lipinski definition) is 6. The van der Waals surface area contributed by atoms with Gasteiger partial charge in [-0.3, -0.25) is 0 Å². The zero-order valence-corrected chi connectivity index (χ0v) is 20.8. The third kappa shape index (κ3) is 6.02. The molecule has 0 bridgehead atoms. The van der Waals surface area contributed by atoms with Gasteiger partial charge in [-0.25, -0.2) is 23.2 Å². The molecular weight excluding hydrogens is 481 g/mol. The van der Waals surface area contributed by atoms with E-state index in [0.29, 0.717) is 24.8 Å². The molecule has 2 atom stereocenters. The van der Waals surface area contributed by atoms with Crippen LogP contribution in [0.2, 0.25) is 0 Å². The van der Waals surface area contributed by atoms with Crippen LogP contribution in [-0.2, 0) is 20.3 Å². The van der Waals surface area contributed by atoms with Gasteiger partial charge >= 0.3 is 0 Å². The highest BCUT2D eigenvalue weighted by Gasteiger charge is 2.46. The molecule has 0 unspecified atom stereocenters. The van der Waals surface area contributed by atoms with E-state index < -0.39 is 11.6 Å². The van der Waals surface area contributed by atoms with E-state index >= 15 is 0 Å². The standard InChI is InChI=1S/C14H16F2N2O.C14H17FN2O/c15-9-1-2-11(12(16)7-9)14(5-6-14)4-3-10-8-19-13(17)18-10;15-11-3-1-10(2-4-11)14(7-8-14)6-5-12-9-18-13(16)17-12/h1-2,7,10H,3-6,8H2,(H2,17,18);1-4,12H,5-9H2,(H2,16,17)/t10-;12-/m00/s1. The van der Waals surface area contributed by atoms with Crippen LogP contribution in [0, 0.1) is 17.5 Å². The quantitative estimate of drug-likeness (QED) is 0.527. The highest BCUT2D eigenvalue weighted by molar-refractivity contribution is 5.73. The number of halogens is 3. The summed E-state index contributed by atoms with van der Waals surface area (Å²) in [6.07, 6.45) is 7.97. The van der Waals surface area contributed by atoms with Crippen LogP contribution in [0.3, 0.4) is 0 Å². The second-order valence-corrected chi connectivity index (χ2v) is 10.6. The molecule has 0 aromatic heterocycles. The van der Waals surface area contributed by atoms with Gasteiger partial charge in [0.25, 0.3) is 12.0 Å². The monoisotopic (exact) mass is 514 g/mol. The van der Waals surface area contributed by atoms with Crippen molar-refractivity contribution >= 4 is 12.0 Å². The molecule has 0 radical (unpaired) electrons. The van der Waals surface area contributed by atoms with Crippen molar-refractivity contribution in [3.63, 3.8) is 0 Å². The third-order valence-corrected chi connectivity index (χ3v) is 8.05. The summed E-state index contributed by atoms with van der Waals surface area (Å²) >= 11 is 0. The van der Waals surface area contributed by atoms with E-state index in [1.165, 1.54) is 24.5 Å². The van der Waals surface area contributed by atoms with Gasteiger partial charge in [0.2, 0.25) is 0 Å². The highest BCUT2D eigenvalue weighted by Crippen LogP contribution is 2.53. The lowest BCUT2D eigenvalue weighted by molar-refractivity contribution is 0.302. The molecule has 2 aliphatic heterocycles. The predicted octanol–water partition coefficient (Wildman–Crippen LogP) is 4.84. The maximum Gasteiger partial charge on any atom is 0.282 e. The summed E-state index contributed by atoms with van der Waals surface area (Å²) in [4.78, 5) is 8.41. The number of rotatable bonds is 8. The molecular formula is C28H33F3N4O2. The zero-order chi connectivity index (χ0) is 26.0. The molecule has 6 nitrogen and oxygen atoms in total. The van der Waals surface area contributed by atoms with E-state index in [9.17, 15) is 13.2 Å². The van der Waals surface area contributed by atoms with Crippen molar-refractivity contribution in [3.8, 4) is 0 Å². The summed E-state index contributed by atoms with van der Waals surface area (Å²) < 4.78 is 50.0. The molecule has 4 aliphatic rings. The molecule has 2 aromatic rings. The molecule has 2 aliphatic carbocycles. The molecule has 37 heavy (non-hydrogen) atoms. The summed E-state index contributed by atoms with van der Waals surface area (Å²) in [5, 5.41) is 0. The van der Waals surface area contributed by atoms with Crippen LogP contribution in [0.1, 0.15) is 62.5 Å². The van der Waals surface area contributed by atoms with Crippen molar-refractivity contribution in [2.75, 3.05) is 13.2 Å². The smallest absolute Gasteiger partial charge is 0.282 e. The number of aliphatic imine (C=N–C) groups is 2. The van der Waals surface area contributed by atoms with Crippen molar-refractivity contribution in [2.45, 2.75) is 74.3 Å². The van der Waals surface area contributed by atoms with Gasteiger partial charge in [-0.05, 0) is 91.5 Å². The van der Waals surface area contributed by atoms with Crippen LogP contribution in [-0.4, -0.2) is 37.3 Å².